The predicted molar refractivity (Wildman–Crippen MR) is 72.9 cm³/mol. The zero-order valence-electron chi connectivity index (χ0n) is 11.4. The number of rotatable bonds is 4. The Morgan fingerprint density at radius 1 is 1.24 bits per heavy atom. The highest BCUT2D eigenvalue weighted by Gasteiger charge is 2.30. The van der Waals surface area contributed by atoms with E-state index in [2.05, 4.69) is 4.98 Å². The number of nitrogens with zero attached hydrogens (tertiary/aromatic N) is 1. The fraction of sp³-hybridized carbons (Fsp3) is 0.267. The van der Waals surface area contributed by atoms with Crippen LogP contribution in [0, 0.1) is 0 Å². The molecule has 0 aliphatic carbocycles. The molecule has 0 fully saturated rings. The first-order valence-corrected chi connectivity index (χ1v) is 6.32. The summed E-state index contributed by atoms with van der Waals surface area (Å²) in [5.74, 6) is 0.386. The first kappa shape index (κ1) is 15.3. The zero-order chi connectivity index (χ0) is 15.5. The van der Waals surface area contributed by atoms with Crippen molar-refractivity contribution in [3.63, 3.8) is 0 Å². The maximum atomic E-state index is 12.7. The predicted octanol–water partition coefficient (Wildman–Crippen LogP) is 3.35. The molecule has 0 amide bonds. The molecule has 0 spiro atoms. The molecule has 1 aromatic carbocycles. The van der Waals surface area contributed by atoms with Crippen molar-refractivity contribution in [1.82, 2.24) is 4.98 Å². The summed E-state index contributed by atoms with van der Waals surface area (Å²) in [6.45, 7) is 0. The van der Waals surface area contributed by atoms with Gasteiger partial charge in [-0.25, -0.2) is 4.98 Å². The van der Waals surface area contributed by atoms with Gasteiger partial charge in [0.2, 0.25) is 5.88 Å². The molecule has 0 aliphatic heterocycles. The van der Waals surface area contributed by atoms with Crippen LogP contribution >= 0.6 is 0 Å². The number of benzene rings is 1. The molecule has 6 heteroatoms. The van der Waals surface area contributed by atoms with Gasteiger partial charge in [-0.05, 0) is 24.1 Å². The molecule has 0 radical (unpaired) electrons. The average molecular weight is 296 g/mol. The van der Waals surface area contributed by atoms with Gasteiger partial charge in [0.05, 0.1) is 12.7 Å². The van der Waals surface area contributed by atoms with E-state index in [1.807, 2.05) is 0 Å². The molecule has 0 saturated carbocycles. The second-order valence-corrected chi connectivity index (χ2v) is 4.61. The topological polar surface area (TPSA) is 48.1 Å². The third kappa shape index (κ3) is 3.72. The van der Waals surface area contributed by atoms with E-state index in [0.717, 1.165) is 12.1 Å². The fourth-order valence-electron chi connectivity index (χ4n) is 2.09. The first-order chi connectivity index (χ1) is 9.91. The van der Waals surface area contributed by atoms with Crippen LogP contribution in [0.25, 0.3) is 0 Å². The van der Waals surface area contributed by atoms with Crippen molar-refractivity contribution in [1.29, 1.82) is 0 Å². The van der Waals surface area contributed by atoms with Crippen LogP contribution in [0.4, 0.5) is 13.2 Å². The Balaban J connectivity index is 2.22. The zero-order valence-corrected chi connectivity index (χ0v) is 11.4. The van der Waals surface area contributed by atoms with Gasteiger partial charge in [-0.15, -0.1) is 0 Å². The highest BCUT2D eigenvalue weighted by Crippen LogP contribution is 2.31. The lowest BCUT2D eigenvalue weighted by Crippen LogP contribution is -2.15. The molecule has 0 saturated heterocycles. The number of alkyl halides is 3. The molecule has 2 rings (SSSR count). The van der Waals surface area contributed by atoms with Crippen LogP contribution in [0.3, 0.4) is 0 Å². The molecule has 21 heavy (non-hydrogen) atoms. The van der Waals surface area contributed by atoms with Crippen LogP contribution in [0.15, 0.2) is 42.6 Å². The van der Waals surface area contributed by atoms with Crippen molar-refractivity contribution < 1.29 is 17.9 Å². The Bertz CT molecular complexity index is 614. The van der Waals surface area contributed by atoms with Crippen LogP contribution in [0.1, 0.15) is 22.7 Å². The van der Waals surface area contributed by atoms with E-state index in [4.69, 9.17) is 10.5 Å². The smallest absolute Gasteiger partial charge is 0.416 e. The number of hydrogen-bond donors (Lipinski definition) is 1. The van der Waals surface area contributed by atoms with Crippen LogP contribution in [0.2, 0.25) is 0 Å². The molecular formula is C15H15F3N2O. The number of hydrogen-bond acceptors (Lipinski definition) is 3. The first-order valence-electron chi connectivity index (χ1n) is 6.32. The number of nitrogens with two attached hydrogens (primary N) is 1. The van der Waals surface area contributed by atoms with Gasteiger partial charge in [-0.2, -0.15) is 13.2 Å². The Morgan fingerprint density at radius 3 is 2.67 bits per heavy atom. The van der Waals surface area contributed by atoms with Crippen LogP contribution in [0.5, 0.6) is 5.88 Å². The lowest BCUT2D eigenvalue weighted by molar-refractivity contribution is -0.137. The molecule has 1 atom stereocenters. The highest BCUT2D eigenvalue weighted by atomic mass is 19.4. The standard InChI is InChI=1S/C15H15F3N2O/c1-21-14-12(6-3-7-20-14)13(19)9-10-4-2-5-11(8-10)15(16,17)18/h2-8,13H,9,19H2,1H3. The summed E-state index contributed by atoms with van der Waals surface area (Å²) >= 11 is 0. The van der Waals surface area contributed by atoms with E-state index in [1.54, 1.807) is 24.4 Å². The Kier molecular flexibility index (Phi) is 4.47. The van der Waals surface area contributed by atoms with E-state index < -0.39 is 17.8 Å². The van der Waals surface area contributed by atoms with Crippen molar-refractivity contribution >= 4 is 0 Å². The van der Waals surface area contributed by atoms with Crippen molar-refractivity contribution in [2.45, 2.75) is 18.6 Å². The van der Waals surface area contributed by atoms with Gasteiger partial charge in [0, 0.05) is 17.8 Å². The minimum atomic E-state index is -4.36. The van der Waals surface area contributed by atoms with Crippen molar-refractivity contribution in [3.8, 4) is 5.88 Å². The number of methoxy groups -OCH3 is 1. The van der Waals surface area contributed by atoms with E-state index in [9.17, 15) is 13.2 Å². The number of halogens is 3. The molecule has 1 aromatic heterocycles. The molecule has 2 N–H and O–H groups in total. The monoisotopic (exact) mass is 296 g/mol. The number of ether oxygens (including phenoxy) is 1. The maximum absolute atomic E-state index is 12.7. The SMILES string of the molecule is COc1ncccc1C(N)Cc1cccc(C(F)(F)F)c1. The molecule has 0 bridgehead atoms. The summed E-state index contributed by atoms with van der Waals surface area (Å²) in [6.07, 6.45) is -2.52. The molecule has 1 heterocycles. The molecule has 0 aliphatic rings. The lowest BCUT2D eigenvalue weighted by Gasteiger charge is -2.15. The van der Waals surface area contributed by atoms with E-state index >= 15 is 0 Å². The van der Waals surface area contributed by atoms with Gasteiger partial charge < -0.3 is 10.5 Å². The summed E-state index contributed by atoms with van der Waals surface area (Å²) < 4.78 is 43.2. The number of aromatic nitrogens is 1. The number of pyridine rings is 1. The molecule has 112 valence electrons. The fourth-order valence-corrected chi connectivity index (χ4v) is 2.09. The average Bonchev–Trinajstić information content (AvgIpc) is 2.46. The third-order valence-electron chi connectivity index (χ3n) is 3.10. The van der Waals surface area contributed by atoms with Crippen molar-refractivity contribution in [3.05, 3.63) is 59.3 Å². The summed E-state index contributed by atoms with van der Waals surface area (Å²) in [4.78, 5) is 4.03. The molecule has 2 aromatic rings. The van der Waals surface area contributed by atoms with Crippen LogP contribution in [-0.2, 0) is 12.6 Å². The molecule has 3 nitrogen and oxygen atoms in total. The minimum Gasteiger partial charge on any atom is -0.481 e. The van der Waals surface area contributed by atoms with Crippen LogP contribution < -0.4 is 10.5 Å². The minimum absolute atomic E-state index is 0.270. The second-order valence-electron chi connectivity index (χ2n) is 4.61. The van der Waals surface area contributed by atoms with Gasteiger partial charge >= 0.3 is 6.18 Å². The van der Waals surface area contributed by atoms with E-state index in [0.29, 0.717) is 17.0 Å². The summed E-state index contributed by atoms with van der Waals surface area (Å²) in [7, 11) is 1.48. The molecular weight excluding hydrogens is 281 g/mol. The van der Waals surface area contributed by atoms with Crippen molar-refractivity contribution in [2.75, 3.05) is 7.11 Å². The van der Waals surface area contributed by atoms with Crippen molar-refractivity contribution in [2.24, 2.45) is 5.73 Å². The molecule has 1 unspecified atom stereocenters. The summed E-state index contributed by atoms with van der Waals surface area (Å²) in [5.41, 5.74) is 6.57. The normalized spacial score (nSPS) is 13.0. The van der Waals surface area contributed by atoms with Gasteiger partial charge in [-0.1, -0.05) is 24.3 Å². The quantitative estimate of drug-likeness (QED) is 0.941. The van der Waals surface area contributed by atoms with Gasteiger partial charge in [-0.3, -0.25) is 0 Å². The van der Waals surface area contributed by atoms with Gasteiger partial charge in [0.25, 0.3) is 0 Å². The Morgan fingerprint density at radius 2 is 2.00 bits per heavy atom. The van der Waals surface area contributed by atoms with Crippen LogP contribution in [-0.4, -0.2) is 12.1 Å². The summed E-state index contributed by atoms with van der Waals surface area (Å²) in [6, 6.07) is 8.14. The maximum Gasteiger partial charge on any atom is 0.416 e. The van der Waals surface area contributed by atoms with E-state index in [1.165, 1.54) is 13.2 Å². The van der Waals surface area contributed by atoms with Gasteiger partial charge in [0.1, 0.15) is 0 Å². The second kappa shape index (κ2) is 6.13. The Hall–Kier alpha value is -2.08. The largest absolute Gasteiger partial charge is 0.481 e. The lowest BCUT2D eigenvalue weighted by atomic mass is 9.99. The third-order valence-corrected chi connectivity index (χ3v) is 3.10. The Labute approximate surface area is 120 Å². The highest BCUT2D eigenvalue weighted by molar-refractivity contribution is 5.32. The van der Waals surface area contributed by atoms with E-state index in [-0.39, 0.29) is 6.42 Å². The van der Waals surface area contributed by atoms with Gasteiger partial charge in [0.15, 0.2) is 0 Å². The summed E-state index contributed by atoms with van der Waals surface area (Å²) in [5, 5.41) is 0.